The zero-order chi connectivity index (χ0) is 11.0. The molecule has 14 heavy (non-hydrogen) atoms. The van der Waals surface area contributed by atoms with Gasteiger partial charge in [-0.05, 0) is 20.8 Å². The molecule has 0 aliphatic heterocycles. The van der Waals surface area contributed by atoms with E-state index in [1.807, 2.05) is 0 Å². The van der Waals surface area contributed by atoms with Gasteiger partial charge in [-0.3, -0.25) is 0 Å². The van der Waals surface area contributed by atoms with Crippen LogP contribution in [0.5, 0.6) is 0 Å². The average Bonchev–Trinajstić information content (AvgIpc) is 2.14. The molecule has 84 valence electrons. The van der Waals surface area contributed by atoms with Crippen LogP contribution in [-0.4, -0.2) is 43.3 Å². The highest BCUT2D eigenvalue weighted by molar-refractivity contribution is 5.75. The largest absolute Gasteiger partial charge is 0.477 e. The van der Waals surface area contributed by atoms with Crippen molar-refractivity contribution in [3.05, 3.63) is 0 Å². The Morgan fingerprint density at radius 1 is 1.14 bits per heavy atom. The van der Waals surface area contributed by atoms with Crippen molar-refractivity contribution < 1.29 is 24.1 Å². The molecule has 0 aliphatic rings. The number of hydrogen-bond acceptors (Lipinski definition) is 4. The lowest BCUT2D eigenvalue weighted by atomic mass is 10.3. The van der Waals surface area contributed by atoms with E-state index in [4.69, 9.17) is 19.3 Å². The molecule has 0 aromatic carbocycles. The first kappa shape index (κ1) is 13.4. The normalized spacial score (nSPS) is 11.6. The highest BCUT2D eigenvalue weighted by atomic mass is 16.7. The van der Waals surface area contributed by atoms with E-state index in [0.717, 1.165) is 0 Å². The van der Waals surface area contributed by atoms with Gasteiger partial charge >= 0.3 is 5.97 Å². The number of hydrogen-bond donors (Lipinski definition) is 1. The Kier molecular flexibility index (Phi) is 6.44. The van der Waals surface area contributed by atoms with Crippen molar-refractivity contribution in [1.82, 2.24) is 0 Å². The highest BCUT2D eigenvalue weighted by Crippen LogP contribution is 2.14. The Morgan fingerprint density at radius 3 is 1.93 bits per heavy atom. The fourth-order valence-corrected chi connectivity index (χ4v) is 1.01. The summed E-state index contributed by atoms with van der Waals surface area (Å²) < 4.78 is 15.2. The molecule has 0 saturated heterocycles. The van der Waals surface area contributed by atoms with Gasteiger partial charge in [0.25, 0.3) is 5.79 Å². The minimum Gasteiger partial charge on any atom is -0.477 e. The van der Waals surface area contributed by atoms with Gasteiger partial charge in [0, 0.05) is 19.8 Å². The highest BCUT2D eigenvalue weighted by Gasteiger charge is 2.41. The van der Waals surface area contributed by atoms with Gasteiger partial charge in [0.1, 0.15) is 6.61 Å². The van der Waals surface area contributed by atoms with Crippen LogP contribution in [0.4, 0.5) is 0 Å². The SMILES string of the molecule is CCOCC(OCC)(OCC)C(=O)O. The van der Waals surface area contributed by atoms with Gasteiger partial charge in [-0.15, -0.1) is 0 Å². The van der Waals surface area contributed by atoms with Crippen LogP contribution in [0, 0.1) is 0 Å². The van der Waals surface area contributed by atoms with E-state index >= 15 is 0 Å². The zero-order valence-corrected chi connectivity index (χ0v) is 8.91. The maximum absolute atomic E-state index is 11.0. The Balaban J connectivity index is 4.46. The van der Waals surface area contributed by atoms with Crippen molar-refractivity contribution in [1.29, 1.82) is 0 Å². The molecule has 0 spiro atoms. The van der Waals surface area contributed by atoms with Gasteiger partial charge in [0.2, 0.25) is 0 Å². The van der Waals surface area contributed by atoms with Crippen molar-refractivity contribution in [3.63, 3.8) is 0 Å². The van der Waals surface area contributed by atoms with Crippen LogP contribution in [0.1, 0.15) is 20.8 Å². The summed E-state index contributed by atoms with van der Waals surface area (Å²) in [6, 6.07) is 0. The Hall–Kier alpha value is -0.650. The van der Waals surface area contributed by atoms with Gasteiger partial charge in [-0.25, -0.2) is 4.79 Å². The van der Waals surface area contributed by atoms with Crippen LogP contribution in [0.2, 0.25) is 0 Å². The lowest BCUT2D eigenvalue weighted by Crippen LogP contribution is -2.48. The lowest BCUT2D eigenvalue weighted by molar-refractivity contribution is -0.258. The molecule has 0 unspecified atom stereocenters. The van der Waals surface area contributed by atoms with Crippen LogP contribution < -0.4 is 0 Å². The predicted octanol–water partition coefficient (Wildman–Crippen LogP) is 0.877. The second-order valence-corrected chi connectivity index (χ2v) is 2.56. The number of ether oxygens (including phenoxy) is 3. The monoisotopic (exact) mass is 206 g/mol. The van der Waals surface area contributed by atoms with E-state index in [1.165, 1.54) is 0 Å². The Morgan fingerprint density at radius 2 is 1.64 bits per heavy atom. The van der Waals surface area contributed by atoms with E-state index in [2.05, 4.69) is 0 Å². The van der Waals surface area contributed by atoms with Crippen molar-refractivity contribution in [2.45, 2.75) is 26.6 Å². The summed E-state index contributed by atoms with van der Waals surface area (Å²) in [5.41, 5.74) is 0. The van der Waals surface area contributed by atoms with E-state index in [0.29, 0.717) is 6.61 Å². The molecule has 0 aromatic heterocycles. The minimum absolute atomic E-state index is 0.0967. The molecule has 5 heteroatoms. The van der Waals surface area contributed by atoms with E-state index in [-0.39, 0.29) is 19.8 Å². The molecule has 0 aromatic rings. The van der Waals surface area contributed by atoms with Crippen molar-refractivity contribution in [3.8, 4) is 0 Å². The molecule has 0 heterocycles. The lowest BCUT2D eigenvalue weighted by Gasteiger charge is -2.28. The first-order valence-electron chi connectivity index (χ1n) is 4.72. The number of rotatable bonds is 8. The average molecular weight is 206 g/mol. The molecule has 0 aliphatic carbocycles. The topological polar surface area (TPSA) is 65.0 Å². The van der Waals surface area contributed by atoms with E-state index < -0.39 is 11.8 Å². The van der Waals surface area contributed by atoms with Crippen LogP contribution >= 0.6 is 0 Å². The molecule has 0 atom stereocenters. The fourth-order valence-electron chi connectivity index (χ4n) is 1.01. The first-order valence-corrected chi connectivity index (χ1v) is 4.72. The third-order valence-electron chi connectivity index (χ3n) is 1.58. The molecule has 0 amide bonds. The van der Waals surface area contributed by atoms with Crippen molar-refractivity contribution >= 4 is 5.97 Å². The van der Waals surface area contributed by atoms with E-state index in [9.17, 15) is 4.79 Å². The maximum Gasteiger partial charge on any atom is 0.367 e. The third kappa shape index (κ3) is 3.61. The molecular weight excluding hydrogens is 188 g/mol. The van der Waals surface area contributed by atoms with Gasteiger partial charge in [0.15, 0.2) is 0 Å². The second kappa shape index (κ2) is 6.75. The Bertz CT molecular complexity index is 163. The van der Waals surface area contributed by atoms with Crippen molar-refractivity contribution in [2.75, 3.05) is 26.4 Å². The number of carbonyl (C=O) groups is 1. The number of aliphatic carboxylic acids is 1. The van der Waals surface area contributed by atoms with Crippen molar-refractivity contribution in [2.24, 2.45) is 0 Å². The summed E-state index contributed by atoms with van der Waals surface area (Å²) in [7, 11) is 0. The van der Waals surface area contributed by atoms with Crippen LogP contribution in [0.25, 0.3) is 0 Å². The molecule has 0 bridgehead atoms. The van der Waals surface area contributed by atoms with E-state index in [1.54, 1.807) is 20.8 Å². The smallest absolute Gasteiger partial charge is 0.367 e. The summed E-state index contributed by atoms with van der Waals surface area (Å²) in [6.07, 6.45) is 0. The molecule has 0 rings (SSSR count). The fraction of sp³-hybridized carbons (Fsp3) is 0.889. The number of carboxylic acids is 1. The van der Waals surface area contributed by atoms with Crippen LogP contribution in [-0.2, 0) is 19.0 Å². The Labute approximate surface area is 84.0 Å². The minimum atomic E-state index is -1.65. The summed E-state index contributed by atoms with van der Waals surface area (Å²) in [5.74, 6) is -2.81. The molecule has 1 N–H and O–H groups in total. The van der Waals surface area contributed by atoms with Gasteiger partial charge in [-0.2, -0.15) is 0 Å². The molecule has 5 nitrogen and oxygen atoms in total. The first-order chi connectivity index (χ1) is 6.63. The second-order valence-electron chi connectivity index (χ2n) is 2.56. The third-order valence-corrected chi connectivity index (χ3v) is 1.58. The molecule has 0 fully saturated rings. The van der Waals surface area contributed by atoms with Crippen LogP contribution in [0.15, 0.2) is 0 Å². The predicted molar refractivity (Wildman–Crippen MR) is 50.1 cm³/mol. The summed E-state index contributed by atoms with van der Waals surface area (Å²) in [4.78, 5) is 11.0. The summed E-state index contributed by atoms with van der Waals surface area (Å²) in [5, 5.41) is 8.98. The molecular formula is C9H18O5. The quantitative estimate of drug-likeness (QED) is 0.597. The zero-order valence-electron chi connectivity index (χ0n) is 8.91. The standard InChI is InChI=1S/C9H18O5/c1-4-12-7-9(8(10)11,13-5-2)14-6-3/h4-7H2,1-3H3,(H,10,11). The maximum atomic E-state index is 11.0. The summed E-state index contributed by atoms with van der Waals surface area (Å²) in [6.45, 7) is 6.06. The summed E-state index contributed by atoms with van der Waals surface area (Å²) >= 11 is 0. The molecule has 0 radical (unpaired) electrons. The number of carboxylic acid groups (broad SMARTS) is 1. The van der Waals surface area contributed by atoms with Gasteiger partial charge < -0.3 is 19.3 Å². The van der Waals surface area contributed by atoms with Crippen LogP contribution in [0.3, 0.4) is 0 Å². The van der Waals surface area contributed by atoms with Gasteiger partial charge in [-0.1, -0.05) is 0 Å². The van der Waals surface area contributed by atoms with Gasteiger partial charge in [0.05, 0.1) is 0 Å². The molecule has 0 saturated carbocycles.